The SMILES string of the molecule is C.C.CC(=O)C(C(C)C)C(C)(C)C.CC(=O)C(C)C(C)(C)C.CC(=O)C(CO)C(C)(C)C.CC(=O)CC(C)(C)C.CC(C)(C)C(Cc1ccc(O)cc1)C(=O)O.CC(C)C(C(=O)O)C(C)(C)C.CCC(C(=O)O)C(C)(C)C. The first-order valence-corrected chi connectivity index (χ1v) is 27.0. The van der Waals surface area contributed by atoms with Gasteiger partial charge in [-0.3, -0.25) is 28.8 Å². The molecule has 6 unspecified atom stereocenters. The molecule has 0 amide bonds. The van der Waals surface area contributed by atoms with E-state index >= 15 is 0 Å². The molecule has 458 valence electrons. The zero-order chi connectivity index (χ0) is 62.0. The lowest BCUT2D eigenvalue weighted by Gasteiger charge is -2.31. The summed E-state index contributed by atoms with van der Waals surface area (Å²) in [6.45, 7) is 60.6. The molecule has 0 heterocycles. The van der Waals surface area contributed by atoms with Gasteiger partial charge in [0.25, 0.3) is 0 Å². The van der Waals surface area contributed by atoms with Gasteiger partial charge < -0.3 is 30.3 Å². The van der Waals surface area contributed by atoms with E-state index in [1.165, 1.54) is 6.92 Å². The highest BCUT2D eigenvalue weighted by Gasteiger charge is 2.34. The molecule has 1 rings (SSSR count). The average molecular weight is 1100 g/mol. The van der Waals surface area contributed by atoms with Crippen LogP contribution in [-0.4, -0.2) is 73.2 Å². The first-order valence-electron chi connectivity index (χ1n) is 27.0. The van der Waals surface area contributed by atoms with Gasteiger partial charge in [-0.05, 0) is 108 Å². The highest BCUT2D eigenvalue weighted by molar-refractivity contribution is 5.80. The van der Waals surface area contributed by atoms with Gasteiger partial charge in [-0.15, -0.1) is 0 Å². The summed E-state index contributed by atoms with van der Waals surface area (Å²) in [5, 5.41) is 44.7. The number of hydrogen-bond acceptors (Lipinski definition) is 9. The van der Waals surface area contributed by atoms with Crippen molar-refractivity contribution in [2.24, 2.45) is 85.2 Å². The molecule has 0 bridgehead atoms. The average Bonchev–Trinajstić information content (AvgIpc) is 3.10. The van der Waals surface area contributed by atoms with Gasteiger partial charge in [0.1, 0.15) is 28.9 Å². The minimum absolute atomic E-state index is 0. The van der Waals surface area contributed by atoms with Crippen molar-refractivity contribution in [3.8, 4) is 5.75 Å². The van der Waals surface area contributed by atoms with Crippen molar-refractivity contribution in [2.45, 2.75) is 249 Å². The van der Waals surface area contributed by atoms with E-state index in [0.29, 0.717) is 31.0 Å². The second-order valence-electron chi connectivity index (χ2n) is 28.8. The number of hydrogen-bond donors (Lipinski definition) is 5. The van der Waals surface area contributed by atoms with Crippen LogP contribution in [0.5, 0.6) is 5.75 Å². The fourth-order valence-corrected chi connectivity index (χ4v) is 8.89. The maximum absolute atomic E-state index is 11.2. The van der Waals surface area contributed by atoms with Crippen LogP contribution >= 0.6 is 0 Å². The number of Topliss-reactive ketones (excluding diaryl/α,β-unsaturated/α-hetero) is 4. The fraction of sp³-hybridized carbons (Fsp3) is 0.800. The van der Waals surface area contributed by atoms with Gasteiger partial charge >= 0.3 is 17.9 Å². The Morgan fingerprint density at radius 2 is 0.766 bits per heavy atom. The molecule has 0 aliphatic carbocycles. The molecule has 0 aromatic heterocycles. The molecule has 0 saturated carbocycles. The Morgan fingerprint density at radius 1 is 0.442 bits per heavy atom. The summed E-state index contributed by atoms with van der Waals surface area (Å²) in [6, 6.07) is 6.68. The standard InChI is InChI=1S/C13H18O3.C10H20O.C9H18O2.2C8H16O2.C8H16O.C7H14O.2CH4/c1-13(2,3)11(12(15)16)8-9-4-6-10(14)7-5-9;1-7(2)9(8(3)11)10(4,5)6;1-6(2)7(8(10)11)9(3,4)5;1-6(10)7(5-9)8(2,3)4;1-5-6(7(9)10)8(2,3)4;1-6(7(2)9)8(3,4)5;1-6(8)5-7(2,3)4;;/h4-7,11,14H,8H2,1-3H3,(H,15,16);7,9H,1-6H3;6-7H,1-5H3,(H,10,11);7,9H,5H2,1-4H3;6H,5H2,1-4H3,(H,9,10);6H,1-5H3;5H2,1-4H3;2*1H4. The fourth-order valence-electron chi connectivity index (χ4n) is 8.89. The first-order chi connectivity index (χ1) is 32.9. The lowest BCUT2D eigenvalue weighted by molar-refractivity contribution is -0.148. The Bertz CT molecular complexity index is 1740. The van der Waals surface area contributed by atoms with Crippen LogP contribution < -0.4 is 0 Å². The van der Waals surface area contributed by atoms with Gasteiger partial charge in [-0.2, -0.15) is 0 Å². The molecular formula is C65H126O12. The number of benzene rings is 1. The minimum Gasteiger partial charge on any atom is -0.508 e. The third kappa shape index (κ3) is 46.7. The van der Waals surface area contributed by atoms with Crippen LogP contribution in [0.15, 0.2) is 24.3 Å². The summed E-state index contributed by atoms with van der Waals surface area (Å²) in [4.78, 5) is 75.9. The highest BCUT2D eigenvalue weighted by Crippen LogP contribution is 2.34. The quantitative estimate of drug-likeness (QED) is 0.125. The van der Waals surface area contributed by atoms with Gasteiger partial charge in [-0.1, -0.05) is 214 Å². The number of ketones is 4. The van der Waals surface area contributed by atoms with Crippen molar-refractivity contribution < 1.29 is 59.1 Å². The van der Waals surface area contributed by atoms with Gasteiger partial charge in [0.15, 0.2) is 0 Å². The minimum atomic E-state index is -0.777. The zero-order valence-corrected chi connectivity index (χ0v) is 53.9. The monoisotopic (exact) mass is 1100 g/mol. The van der Waals surface area contributed by atoms with Crippen LogP contribution in [0.4, 0.5) is 0 Å². The van der Waals surface area contributed by atoms with E-state index in [2.05, 4.69) is 76.2 Å². The number of phenolic OH excluding ortho intramolecular Hbond substituents is 1. The number of phenols is 1. The largest absolute Gasteiger partial charge is 0.508 e. The number of aromatic hydroxyl groups is 1. The number of aliphatic hydroxyl groups is 1. The van der Waals surface area contributed by atoms with Crippen LogP contribution in [0.2, 0.25) is 0 Å². The van der Waals surface area contributed by atoms with E-state index in [1.54, 1.807) is 45.0 Å². The summed E-state index contributed by atoms with van der Waals surface area (Å²) in [7, 11) is 0. The molecule has 1 aromatic carbocycles. The van der Waals surface area contributed by atoms with Gasteiger partial charge in [0.2, 0.25) is 0 Å². The number of carboxylic acid groups (broad SMARTS) is 3. The van der Waals surface area contributed by atoms with Crippen LogP contribution in [0.1, 0.15) is 248 Å². The molecule has 5 N–H and O–H groups in total. The van der Waals surface area contributed by atoms with E-state index in [0.717, 1.165) is 5.56 Å². The summed E-state index contributed by atoms with van der Waals surface area (Å²) in [6.07, 6.45) is 1.88. The smallest absolute Gasteiger partial charge is 0.307 e. The number of carbonyl (C=O) groups excluding carboxylic acids is 4. The molecule has 0 radical (unpaired) electrons. The number of rotatable bonds is 13. The summed E-state index contributed by atoms with van der Waals surface area (Å²) < 4.78 is 0. The molecule has 0 aliphatic rings. The van der Waals surface area contributed by atoms with Crippen molar-refractivity contribution in [3.05, 3.63) is 29.8 Å². The molecule has 0 saturated heterocycles. The number of aliphatic hydroxyl groups excluding tert-OH is 1. The van der Waals surface area contributed by atoms with Gasteiger partial charge in [0, 0.05) is 24.2 Å². The van der Waals surface area contributed by atoms with Gasteiger partial charge in [0.05, 0.1) is 24.4 Å². The summed E-state index contributed by atoms with van der Waals surface area (Å²) in [5.74, 6) is -1.09. The highest BCUT2D eigenvalue weighted by atomic mass is 16.4. The second-order valence-corrected chi connectivity index (χ2v) is 28.8. The van der Waals surface area contributed by atoms with Crippen molar-refractivity contribution in [3.63, 3.8) is 0 Å². The lowest BCUT2D eigenvalue weighted by Crippen LogP contribution is -2.32. The third-order valence-electron chi connectivity index (χ3n) is 12.8. The maximum Gasteiger partial charge on any atom is 0.307 e. The van der Waals surface area contributed by atoms with Crippen molar-refractivity contribution >= 4 is 41.0 Å². The van der Waals surface area contributed by atoms with Crippen LogP contribution in [-0.2, 0) is 40.0 Å². The van der Waals surface area contributed by atoms with E-state index < -0.39 is 23.8 Å². The predicted octanol–water partition coefficient (Wildman–Crippen LogP) is 16.9. The molecule has 0 fully saturated rings. The summed E-state index contributed by atoms with van der Waals surface area (Å²) in [5.41, 5.74) is 0.711. The molecule has 12 heteroatoms. The molecule has 0 spiro atoms. The van der Waals surface area contributed by atoms with Crippen LogP contribution in [0, 0.1) is 85.2 Å². The van der Waals surface area contributed by atoms with Crippen molar-refractivity contribution in [2.75, 3.05) is 6.61 Å². The van der Waals surface area contributed by atoms with E-state index in [1.807, 2.05) is 111 Å². The molecule has 1 aromatic rings. The van der Waals surface area contributed by atoms with E-state index in [-0.39, 0.29) is 118 Å². The molecule has 12 nitrogen and oxygen atoms in total. The molecule has 0 aliphatic heterocycles. The molecular weight excluding hydrogens is 973 g/mol. The Hall–Kier alpha value is -3.93. The Labute approximate surface area is 474 Å². The normalized spacial score (nSPS) is 13.9. The number of aliphatic carboxylic acids is 3. The van der Waals surface area contributed by atoms with E-state index in [4.69, 9.17) is 20.4 Å². The Morgan fingerprint density at radius 3 is 0.844 bits per heavy atom. The summed E-state index contributed by atoms with van der Waals surface area (Å²) >= 11 is 0. The van der Waals surface area contributed by atoms with E-state index in [9.17, 15) is 38.7 Å². The molecule has 6 atom stereocenters. The number of carbonyl (C=O) groups is 7. The zero-order valence-electron chi connectivity index (χ0n) is 53.9. The van der Waals surface area contributed by atoms with Crippen LogP contribution in [0.25, 0.3) is 0 Å². The third-order valence-corrected chi connectivity index (χ3v) is 12.8. The number of carboxylic acids is 3. The predicted molar refractivity (Wildman–Crippen MR) is 325 cm³/mol. The maximum atomic E-state index is 11.2. The topological polar surface area (TPSA) is 221 Å². The Balaban J connectivity index is -0.000000121. The van der Waals surface area contributed by atoms with Crippen molar-refractivity contribution in [1.82, 2.24) is 0 Å². The lowest BCUT2D eigenvalue weighted by atomic mass is 9.72. The van der Waals surface area contributed by atoms with Gasteiger partial charge in [-0.25, -0.2) is 0 Å². The molecule has 77 heavy (non-hydrogen) atoms. The van der Waals surface area contributed by atoms with Crippen LogP contribution in [0.3, 0.4) is 0 Å². The first kappa shape index (κ1) is 89.6. The second kappa shape index (κ2) is 38.6. The Kier molecular flexibility index (Phi) is 45.0. The van der Waals surface area contributed by atoms with Crippen molar-refractivity contribution in [1.29, 1.82) is 0 Å².